The second-order valence-electron chi connectivity index (χ2n) is 6.08. The van der Waals surface area contributed by atoms with Crippen molar-refractivity contribution >= 4 is 6.03 Å². The number of carbonyl (C=O) groups is 1. The molecule has 122 valence electrons. The number of aliphatic hydroxyl groups is 1. The molecule has 2 unspecified atom stereocenters. The Morgan fingerprint density at radius 2 is 2.05 bits per heavy atom. The summed E-state index contributed by atoms with van der Waals surface area (Å²) in [6.07, 6.45) is 1.97. The van der Waals surface area contributed by atoms with Crippen molar-refractivity contribution in [2.75, 3.05) is 13.2 Å². The van der Waals surface area contributed by atoms with E-state index in [4.69, 9.17) is 4.74 Å². The van der Waals surface area contributed by atoms with Crippen LogP contribution in [0, 0.1) is 0 Å². The van der Waals surface area contributed by atoms with Gasteiger partial charge in [-0.15, -0.1) is 0 Å². The van der Waals surface area contributed by atoms with E-state index in [9.17, 15) is 9.90 Å². The van der Waals surface area contributed by atoms with Crippen LogP contribution < -0.4 is 10.1 Å². The van der Waals surface area contributed by atoms with Gasteiger partial charge in [-0.25, -0.2) is 4.79 Å². The van der Waals surface area contributed by atoms with Crippen LogP contribution in [0.2, 0.25) is 0 Å². The number of hydrogen-bond acceptors (Lipinski definition) is 3. The summed E-state index contributed by atoms with van der Waals surface area (Å²) in [5, 5.41) is 12.3. The number of rotatable bonds is 5. The van der Waals surface area contributed by atoms with E-state index in [1.165, 1.54) is 0 Å². The molecule has 1 heterocycles. The molecule has 1 aromatic rings. The molecule has 0 spiro atoms. The van der Waals surface area contributed by atoms with Crippen LogP contribution in [0.5, 0.6) is 5.75 Å². The summed E-state index contributed by atoms with van der Waals surface area (Å²) in [5.41, 5.74) is 1.03. The van der Waals surface area contributed by atoms with Crippen molar-refractivity contribution in [3.63, 3.8) is 0 Å². The molecule has 2 atom stereocenters. The molecule has 0 radical (unpaired) electrons. The van der Waals surface area contributed by atoms with E-state index < -0.39 is 0 Å². The average molecular weight is 306 g/mol. The van der Waals surface area contributed by atoms with Crippen LogP contribution in [0.15, 0.2) is 24.3 Å². The molecule has 2 N–H and O–H groups in total. The topological polar surface area (TPSA) is 61.8 Å². The number of carbonyl (C=O) groups excluding carboxylic acids is 1. The van der Waals surface area contributed by atoms with Gasteiger partial charge < -0.3 is 20.1 Å². The first-order chi connectivity index (χ1) is 10.5. The van der Waals surface area contributed by atoms with Crippen molar-refractivity contribution in [1.82, 2.24) is 10.2 Å². The maximum atomic E-state index is 12.3. The summed E-state index contributed by atoms with van der Waals surface area (Å²) < 4.78 is 5.62. The van der Waals surface area contributed by atoms with Crippen molar-refractivity contribution in [1.29, 1.82) is 0 Å². The van der Waals surface area contributed by atoms with Crippen LogP contribution >= 0.6 is 0 Å². The number of nitrogens with one attached hydrogen (secondary N) is 1. The second-order valence-corrected chi connectivity index (χ2v) is 6.08. The van der Waals surface area contributed by atoms with Gasteiger partial charge in [0.2, 0.25) is 0 Å². The van der Waals surface area contributed by atoms with Crippen LogP contribution in [-0.2, 0) is 0 Å². The van der Waals surface area contributed by atoms with Gasteiger partial charge in [0.15, 0.2) is 0 Å². The first-order valence-corrected chi connectivity index (χ1v) is 7.96. The molecule has 1 aliphatic heterocycles. The third-order valence-electron chi connectivity index (χ3n) is 3.94. The van der Waals surface area contributed by atoms with E-state index in [-0.39, 0.29) is 30.8 Å². The van der Waals surface area contributed by atoms with Crippen molar-refractivity contribution in [3.05, 3.63) is 29.8 Å². The fourth-order valence-electron chi connectivity index (χ4n) is 2.75. The molecule has 2 rings (SSSR count). The van der Waals surface area contributed by atoms with Crippen molar-refractivity contribution < 1.29 is 14.6 Å². The Labute approximate surface area is 132 Å². The third-order valence-corrected chi connectivity index (χ3v) is 3.94. The van der Waals surface area contributed by atoms with E-state index in [0.29, 0.717) is 6.54 Å². The zero-order valence-corrected chi connectivity index (χ0v) is 13.6. The largest absolute Gasteiger partial charge is 0.491 e. The van der Waals surface area contributed by atoms with Gasteiger partial charge >= 0.3 is 6.03 Å². The summed E-state index contributed by atoms with van der Waals surface area (Å²) in [5.74, 6) is 0.831. The SMILES string of the molecule is CC(C)Oc1ccc(C(C)NC(=O)N2CCCC2CO)cc1. The van der Waals surface area contributed by atoms with Crippen LogP contribution in [0.3, 0.4) is 0 Å². The number of likely N-dealkylation sites (tertiary alicyclic amines) is 1. The lowest BCUT2D eigenvalue weighted by atomic mass is 10.1. The molecule has 22 heavy (non-hydrogen) atoms. The Kier molecular flexibility index (Phi) is 5.66. The van der Waals surface area contributed by atoms with Crippen LogP contribution in [0.1, 0.15) is 45.2 Å². The lowest BCUT2D eigenvalue weighted by Gasteiger charge is -2.25. The first-order valence-electron chi connectivity index (χ1n) is 7.96. The van der Waals surface area contributed by atoms with Crippen molar-refractivity contribution in [3.8, 4) is 5.75 Å². The highest BCUT2D eigenvalue weighted by atomic mass is 16.5. The lowest BCUT2D eigenvalue weighted by molar-refractivity contribution is 0.155. The zero-order valence-electron chi connectivity index (χ0n) is 13.6. The zero-order chi connectivity index (χ0) is 16.1. The predicted molar refractivity (Wildman–Crippen MR) is 86.0 cm³/mol. The summed E-state index contributed by atoms with van der Waals surface area (Å²) in [7, 11) is 0. The molecule has 2 amide bonds. The highest BCUT2D eigenvalue weighted by molar-refractivity contribution is 5.75. The summed E-state index contributed by atoms with van der Waals surface area (Å²) >= 11 is 0. The van der Waals surface area contributed by atoms with Gasteiger partial charge in [-0.3, -0.25) is 0 Å². The Hall–Kier alpha value is -1.75. The van der Waals surface area contributed by atoms with E-state index in [2.05, 4.69) is 5.32 Å². The van der Waals surface area contributed by atoms with E-state index in [0.717, 1.165) is 24.2 Å². The van der Waals surface area contributed by atoms with Crippen LogP contribution in [0.4, 0.5) is 4.79 Å². The number of benzene rings is 1. The minimum Gasteiger partial charge on any atom is -0.491 e. The van der Waals surface area contributed by atoms with Gasteiger partial charge in [-0.1, -0.05) is 12.1 Å². The maximum Gasteiger partial charge on any atom is 0.318 e. The first kappa shape index (κ1) is 16.6. The number of urea groups is 1. The quantitative estimate of drug-likeness (QED) is 0.879. The number of amides is 2. The third kappa shape index (κ3) is 4.13. The molecular weight excluding hydrogens is 280 g/mol. The van der Waals surface area contributed by atoms with Crippen molar-refractivity contribution in [2.24, 2.45) is 0 Å². The van der Waals surface area contributed by atoms with Gasteiger partial charge in [0, 0.05) is 6.54 Å². The Bertz CT molecular complexity index is 487. The van der Waals surface area contributed by atoms with Gasteiger partial charge in [0.05, 0.1) is 24.8 Å². The standard InChI is InChI=1S/C17H26N2O3/c1-12(2)22-16-8-6-14(7-9-16)13(3)18-17(21)19-10-4-5-15(19)11-20/h6-9,12-13,15,20H,4-5,10-11H2,1-3H3,(H,18,21). The molecule has 0 bridgehead atoms. The molecule has 5 nitrogen and oxygen atoms in total. The molecule has 0 aliphatic carbocycles. The Balaban J connectivity index is 1.93. The molecule has 5 heteroatoms. The summed E-state index contributed by atoms with van der Waals surface area (Å²) in [4.78, 5) is 14.0. The van der Waals surface area contributed by atoms with E-state index in [1.807, 2.05) is 45.0 Å². The monoisotopic (exact) mass is 306 g/mol. The molecule has 0 saturated carbocycles. The molecule has 1 fully saturated rings. The fourth-order valence-corrected chi connectivity index (χ4v) is 2.75. The average Bonchev–Trinajstić information content (AvgIpc) is 2.95. The Morgan fingerprint density at radius 1 is 1.36 bits per heavy atom. The second kappa shape index (κ2) is 7.49. The van der Waals surface area contributed by atoms with Crippen molar-refractivity contribution in [2.45, 2.75) is 51.8 Å². The Morgan fingerprint density at radius 3 is 2.64 bits per heavy atom. The number of nitrogens with zero attached hydrogens (tertiary/aromatic N) is 1. The number of aliphatic hydroxyl groups excluding tert-OH is 1. The minimum absolute atomic E-state index is 0.0308. The predicted octanol–water partition coefficient (Wildman–Crippen LogP) is 2.70. The van der Waals surface area contributed by atoms with Crippen LogP contribution in [-0.4, -0.2) is 41.3 Å². The number of ether oxygens (including phenoxy) is 1. The van der Waals surface area contributed by atoms with Crippen LogP contribution in [0.25, 0.3) is 0 Å². The van der Waals surface area contributed by atoms with Gasteiger partial charge in [-0.2, -0.15) is 0 Å². The minimum atomic E-state index is -0.105. The highest BCUT2D eigenvalue weighted by Gasteiger charge is 2.28. The normalized spacial score (nSPS) is 19.3. The summed E-state index contributed by atoms with van der Waals surface area (Å²) in [6, 6.07) is 7.54. The van der Waals surface area contributed by atoms with E-state index in [1.54, 1.807) is 4.90 Å². The molecule has 0 aromatic heterocycles. The molecule has 1 aromatic carbocycles. The fraction of sp³-hybridized carbons (Fsp3) is 0.588. The summed E-state index contributed by atoms with van der Waals surface area (Å²) in [6.45, 7) is 6.68. The van der Waals surface area contributed by atoms with Gasteiger partial charge in [0.1, 0.15) is 5.75 Å². The number of hydrogen-bond donors (Lipinski definition) is 2. The molecule has 1 aliphatic rings. The van der Waals surface area contributed by atoms with Gasteiger partial charge in [-0.05, 0) is 51.3 Å². The van der Waals surface area contributed by atoms with Gasteiger partial charge in [0.25, 0.3) is 0 Å². The lowest BCUT2D eigenvalue weighted by Crippen LogP contribution is -2.44. The smallest absolute Gasteiger partial charge is 0.318 e. The molecule has 1 saturated heterocycles. The maximum absolute atomic E-state index is 12.3. The molecular formula is C17H26N2O3. The highest BCUT2D eigenvalue weighted by Crippen LogP contribution is 2.21. The van der Waals surface area contributed by atoms with E-state index >= 15 is 0 Å².